The second kappa shape index (κ2) is 5.44. The third-order valence-electron chi connectivity index (χ3n) is 3.26. The Balaban J connectivity index is 2.09. The fourth-order valence-corrected chi connectivity index (χ4v) is 3.22. The molecule has 0 aliphatic heterocycles. The fourth-order valence-electron chi connectivity index (χ4n) is 2.21. The molecule has 0 bridgehead atoms. The molecule has 0 saturated heterocycles. The summed E-state index contributed by atoms with van der Waals surface area (Å²) < 4.78 is 0. The number of aromatic nitrogens is 2. The van der Waals surface area contributed by atoms with Gasteiger partial charge in [-0.3, -0.25) is 0 Å². The lowest BCUT2D eigenvalue weighted by molar-refractivity contribution is 0.748. The van der Waals surface area contributed by atoms with Gasteiger partial charge in [0, 0.05) is 16.9 Å². The van der Waals surface area contributed by atoms with E-state index in [2.05, 4.69) is 21.5 Å². The highest BCUT2D eigenvalue weighted by Crippen LogP contribution is 2.31. The summed E-state index contributed by atoms with van der Waals surface area (Å²) in [5, 5.41) is 4.84. The van der Waals surface area contributed by atoms with Crippen molar-refractivity contribution in [2.45, 2.75) is 44.4 Å². The number of thioether (sulfide) groups is 1. The fraction of sp³-hybridized carbons (Fsp3) is 0.667. The number of rotatable bonds is 3. The van der Waals surface area contributed by atoms with Gasteiger partial charge in [0.25, 0.3) is 0 Å². The molecule has 17 heavy (non-hydrogen) atoms. The minimum Gasteiger partial charge on any atom is -0.367 e. The maximum Gasteiger partial charge on any atom is 0.137 e. The van der Waals surface area contributed by atoms with Crippen LogP contribution in [0, 0.1) is 13.8 Å². The first-order chi connectivity index (χ1) is 8.10. The van der Waals surface area contributed by atoms with Gasteiger partial charge in [-0.25, -0.2) is 9.97 Å². The smallest absolute Gasteiger partial charge is 0.137 e. The Morgan fingerprint density at radius 1 is 1.29 bits per heavy atom. The molecular weight excluding hydrogens is 254 g/mol. The third-order valence-corrected chi connectivity index (χ3v) is 4.72. The first-order valence-corrected chi connectivity index (χ1v) is 7.56. The van der Waals surface area contributed by atoms with Gasteiger partial charge in [0.1, 0.15) is 16.8 Å². The Bertz CT molecular complexity index is 411. The molecule has 1 aromatic rings. The molecule has 2 rings (SSSR count). The van der Waals surface area contributed by atoms with Crippen molar-refractivity contribution in [1.82, 2.24) is 9.97 Å². The quantitative estimate of drug-likeness (QED) is 0.855. The molecule has 3 nitrogen and oxygen atoms in total. The average Bonchev–Trinajstić information content (AvgIpc) is 2.73. The molecule has 0 amide bonds. The normalized spacial score (nSPS) is 24.0. The second-order valence-electron chi connectivity index (χ2n) is 4.55. The molecule has 0 spiro atoms. The minimum atomic E-state index is 0.525. The van der Waals surface area contributed by atoms with Crippen LogP contribution in [0.5, 0.6) is 0 Å². The number of hydrogen-bond acceptors (Lipinski definition) is 4. The molecule has 2 atom stereocenters. The van der Waals surface area contributed by atoms with Crippen LogP contribution in [-0.4, -0.2) is 27.5 Å². The molecule has 0 radical (unpaired) electrons. The average molecular weight is 272 g/mol. The largest absolute Gasteiger partial charge is 0.367 e. The van der Waals surface area contributed by atoms with E-state index in [4.69, 9.17) is 11.6 Å². The molecule has 5 heteroatoms. The first kappa shape index (κ1) is 13.0. The van der Waals surface area contributed by atoms with Gasteiger partial charge in [-0.05, 0) is 39.4 Å². The van der Waals surface area contributed by atoms with E-state index in [1.54, 1.807) is 0 Å². The van der Waals surface area contributed by atoms with Crippen LogP contribution in [0.3, 0.4) is 0 Å². The third kappa shape index (κ3) is 3.05. The molecule has 1 aliphatic carbocycles. The molecule has 1 fully saturated rings. The summed E-state index contributed by atoms with van der Waals surface area (Å²) >= 11 is 8.02. The Hall–Kier alpha value is -0.480. The molecule has 1 saturated carbocycles. The van der Waals surface area contributed by atoms with Gasteiger partial charge < -0.3 is 5.32 Å². The van der Waals surface area contributed by atoms with E-state index in [9.17, 15) is 0 Å². The van der Waals surface area contributed by atoms with Gasteiger partial charge in [-0.15, -0.1) is 0 Å². The molecule has 1 heterocycles. The first-order valence-electron chi connectivity index (χ1n) is 5.90. The van der Waals surface area contributed by atoms with Crippen molar-refractivity contribution in [3.8, 4) is 0 Å². The molecule has 0 aromatic carbocycles. The predicted octanol–water partition coefficient (Wildman–Crippen LogP) is 3.44. The van der Waals surface area contributed by atoms with E-state index < -0.39 is 0 Å². The van der Waals surface area contributed by atoms with E-state index in [-0.39, 0.29) is 0 Å². The maximum atomic E-state index is 6.07. The van der Waals surface area contributed by atoms with Crippen molar-refractivity contribution in [3.05, 3.63) is 16.5 Å². The lowest BCUT2D eigenvalue weighted by atomic mass is 10.2. The summed E-state index contributed by atoms with van der Waals surface area (Å²) in [5.41, 5.74) is 0.949. The number of nitrogens with one attached hydrogen (secondary N) is 1. The van der Waals surface area contributed by atoms with Crippen molar-refractivity contribution >= 4 is 29.2 Å². The Morgan fingerprint density at radius 2 is 2.06 bits per heavy atom. The van der Waals surface area contributed by atoms with Crippen molar-refractivity contribution in [1.29, 1.82) is 0 Å². The van der Waals surface area contributed by atoms with E-state index in [1.807, 2.05) is 25.6 Å². The molecule has 1 aromatic heterocycles. The van der Waals surface area contributed by atoms with Crippen molar-refractivity contribution in [3.63, 3.8) is 0 Å². The highest BCUT2D eigenvalue weighted by molar-refractivity contribution is 7.99. The monoisotopic (exact) mass is 271 g/mol. The van der Waals surface area contributed by atoms with Crippen molar-refractivity contribution < 1.29 is 0 Å². The number of nitrogens with zero attached hydrogens (tertiary/aromatic N) is 2. The van der Waals surface area contributed by atoms with Gasteiger partial charge >= 0.3 is 0 Å². The zero-order valence-electron chi connectivity index (χ0n) is 10.5. The number of hydrogen-bond donors (Lipinski definition) is 1. The summed E-state index contributed by atoms with van der Waals surface area (Å²) in [6.45, 7) is 3.83. The second-order valence-corrected chi connectivity index (χ2v) is 6.04. The van der Waals surface area contributed by atoms with E-state index in [0.29, 0.717) is 11.2 Å². The molecule has 1 N–H and O–H groups in total. The lowest BCUT2D eigenvalue weighted by Crippen LogP contribution is -2.18. The Morgan fingerprint density at radius 3 is 2.71 bits per heavy atom. The summed E-state index contributed by atoms with van der Waals surface area (Å²) in [7, 11) is 0. The Labute approximate surface area is 112 Å². The van der Waals surface area contributed by atoms with Gasteiger partial charge in [0.15, 0.2) is 0 Å². The van der Waals surface area contributed by atoms with Crippen LogP contribution < -0.4 is 5.32 Å². The van der Waals surface area contributed by atoms with Gasteiger partial charge in [0.2, 0.25) is 0 Å². The van der Waals surface area contributed by atoms with E-state index >= 15 is 0 Å². The predicted molar refractivity (Wildman–Crippen MR) is 75.1 cm³/mol. The summed E-state index contributed by atoms with van der Waals surface area (Å²) in [5.74, 6) is 1.62. The van der Waals surface area contributed by atoms with Crippen LogP contribution >= 0.6 is 23.4 Å². The van der Waals surface area contributed by atoms with Crippen molar-refractivity contribution in [2.75, 3.05) is 11.6 Å². The van der Waals surface area contributed by atoms with E-state index in [0.717, 1.165) is 22.5 Å². The van der Waals surface area contributed by atoms with Gasteiger partial charge in [-0.1, -0.05) is 11.6 Å². The standard InChI is InChI=1S/C12H18ClN3S/c1-7-11(13)14-8(2)15-12(7)16-9-4-5-10(6-9)17-3/h9-10H,4-6H2,1-3H3,(H,14,15,16). The molecule has 1 aliphatic rings. The van der Waals surface area contributed by atoms with Crippen LogP contribution in [0.25, 0.3) is 0 Å². The van der Waals surface area contributed by atoms with E-state index in [1.165, 1.54) is 19.3 Å². The maximum absolute atomic E-state index is 6.07. The highest BCUT2D eigenvalue weighted by atomic mass is 35.5. The van der Waals surface area contributed by atoms with Crippen LogP contribution in [0.2, 0.25) is 5.15 Å². The molecular formula is C12H18ClN3S. The zero-order valence-corrected chi connectivity index (χ0v) is 12.0. The number of anilines is 1. The van der Waals surface area contributed by atoms with Crippen molar-refractivity contribution in [2.24, 2.45) is 0 Å². The van der Waals surface area contributed by atoms with Crippen LogP contribution in [-0.2, 0) is 0 Å². The van der Waals surface area contributed by atoms with Gasteiger partial charge in [0.05, 0.1) is 0 Å². The molecule has 94 valence electrons. The topological polar surface area (TPSA) is 37.8 Å². The SMILES string of the molecule is CSC1CCC(Nc2nc(C)nc(Cl)c2C)C1. The van der Waals surface area contributed by atoms with Crippen LogP contribution in [0.4, 0.5) is 5.82 Å². The van der Waals surface area contributed by atoms with Gasteiger partial charge in [-0.2, -0.15) is 11.8 Å². The number of aryl methyl sites for hydroxylation is 1. The summed E-state index contributed by atoms with van der Waals surface area (Å²) in [4.78, 5) is 8.58. The summed E-state index contributed by atoms with van der Waals surface area (Å²) in [6, 6.07) is 0.525. The van der Waals surface area contributed by atoms with Crippen LogP contribution in [0.15, 0.2) is 0 Å². The highest BCUT2D eigenvalue weighted by Gasteiger charge is 2.24. The van der Waals surface area contributed by atoms with Crippen LogP contribution in [0.1, 0.15) is 30.7 Å². The Kier molecular flexibility index (Phi) is 4.15. The lowest BCUT2D eigenvalue weighted by Gasteiger charge is -2.16. The number of halogens is 1. The zero-order chi connectivity index (χ0) is 12.4. The molecule has 2 unspecified atom stereocenters. The minimum absolute atomic E-state index is 0.525. The summed E-state index contributed by atoms with van der Waals surface area (Å²) in [6.07, 6.45) is 5.90.